The molecular weight excluding hydrogens is 294 g/mol. The van der Waals surface area contributed by atoms with Crippen molar-refractivity contribution in [3.63, 3.8) is 0 Å². The SMILES string of the molecule is CC1CCN(CC(O)CNC(C)c2cccc([N+](=O)[O-])c2)CC1. The molecule has 2 unspecified atom stereocenters. The number of rotatable bonds is 7. The van der Waals surface area contributed by atoms with Gasteiger partial charge in [0.15, 0.2) is 0 Å². The number of nitro benzene ring substituents is 1. The van der Waals surface area contributed by atoms with Crippen LogP contribution in [0.2, 0.25) is 0 Å². The molecular formula is C17H27N3O3. The number of benzene rings is 1. The van der Waals surface area contributed by atoms with Crippen LogP contribution in [0.1, 0.15) is 38.3 Å². The monoisotopic (exact) mass is 321 g/mol. The van der Waals surface area contributed by atoms with Crippen LogP contribution in [0.5, 0.6) is 0 Å². The third-order valence-electron chi connectivity index (χ3n) is 4.59. The van der Waals surface area contributed by atoms with E-state index in [4.69, 9.17) is 0 Å². The van der Waals surface area contributed by atoms with Crippen LogP contribution in [0.25, 0.3) is 0 Å². The highest BCUT2D eigenvalue weighted by molar-refractivity contribution is 5.35. The van der Waals surface area contributed by atoms with Gasteiger partial charge in [0, 0.05) is 31.3 Å². The Morgan fingerprint density at radius 2 is 2.13 bits per heavy atom. The Morgan fingerprint density at radius 3 is 2.78 bits per heavy atom. The molecule has 1 aromatic carbocycles. The van der Waals surface area contributed by atoms with E-state index in [2.05, 4.69) is 17.1 Å². The van der Waals surface area contributed by atoms with E-state index in [0.29, 0.717) is 13.1 Å². The van der Waals surface area contributed by atoms with Gasteiger partial charge in [-0.1, -0.05) is 19.1 Å². The van der Waals surface area contributed by atoms with Gasteiger partial charge in [-0.15, -0.1) is 0 Å². The number of non-ortho nitro benzene ring substituents is 1. The van der Waals surface area contributed by atoms with Crippen molar-refractivity contribution in [2.45, 2.75) is 38.8 Å². The maximum absolute atomic E-state index is 10.8. The van der Waals surface area contributed by atoms with Gasteiger partial charge in [0.05, 0.1) is 11.0 Å². The lowest BCUT2D eigenvalue weighted by molar-refractivity contribution is -0.384. The first-order valence-corrected chi connectivity index (χ1v) is 8.34. The summed E-state index contributed by atoms with van der Waals surface area (Å²) in [6, 6.07) is 6.59. The maximum Gasteiger partial charge on any atom is 0.269 e. The van der Waals surface area contributed by atoms with Crippen LogP contribution < -0.4 is 5.32 Å². The predicted octanol–water partition coefficient (Wildman–Crippen LogP) is 2.34. The van der Waals surface area contributed by atoms with E-state index in [-0.39, 0.29) is 16.7 Å². The van der Waals surface area contributed by atoms with Crippen molar-refractivity contribution in [3.05, 3.63) is 39.9 Å². The number of aliphatic hydroxyl groups is 1. The molecule has 2 N–H and O–H groups in total. The zero-order valence-corrected chi connectivity index (χ0v) is 13.9. The summed E-state index contributed by atoms with van der Waals surface area (Å²) >= 11 is 0. The minimum Gasteiger partial charge on any atom is -0.390 e. The second-order valence-electron chi connectivity index (χ2n) is 6.62. The molecule has 1 aliphatic rings. The van der Waals surface area contributed by atoms with Gasteiger partial charge >= 0.3 is 0 Å². The van der Waals surface area contributed by atoms with Crippen molar-refractivity contribution in [2.75, 3.05) is 26.2 Å². The van der Waals surface area contributed by atoms with Crippen molar-refractivity contribution in [1.29, 1.82) is 0 Å². The molecule has 1 heterocycles. The van der Waals surface area contributed by atoms with Gasteiger partial charge in [0.2, 0.25) is 0 Å². The molecule has 1 saturated heterocycles. The van der Waals surface area contributed by atoms with Crippen molar-refractivity contribution in [1.82, 2.24) is 10.2 Å². The summed E-state index contributed by atoms with van der Waals surface area (Å²) in [6.07, 6.45) is 1.97. The number of nitro groups is 1. The van der Waals surface area contributed by atoms with Crippen molar-refractivity contribution in [2.24, 2.45) is 5.92 Å². The lowest BCUT2D eigenvalue weighted by Crippen LogP contribution is -2.42. The minimum absolute atomic E-state index is 0.0362. The molecule has 0 bridgehead atoms. The molecule has 1 fully saturated rings. The van der Waals surface area contributed by atoms with Gasteiger partial charge in [-0.2, -0.15) is 0 Å². The van der Waals surface area contributed by atoms with Crippen molar-refractivity contribution < 1.29 is 10.0 Å². The fourth-order valence-corrected chi connectivity index (χ4v) is 2.95. The third kappa shape index (κ3) is 5.57. The molecule has 0 aromatic heterocycles. The highest BCUT2D eigenvalue weighted by atomic mass is 16.6. The molecule has 0 aliphatic carbocycles. The maximum atomic E-state index is 10.8. The number of aliphatic hydroxyl groups excluding tert-OH is 1. The number of hydrogen-bond donors (Lipinski definition) is 2. The van der Waals surface area contributed by atoms with E-state index < -0.39 is 6.10 Å². The van der Waals surface area contributed by atoms with Crippen molar-refractivity contribution in [3.8, 4) is 0 Å². The first-order chi connectivity index (χ1) is 11.0. The Kier molecular flexibility index (Phi) is 6.50. The Hall–Kier alpha value is -1.50. The van der Waals surface area contributed by atoms with Crippen molar-refractivity contribution >= 4 is 5.69 Å². The van der Waals surface area contributed by atoms with Crippen LogP contribution in [0.3, 0.4) is 0 Å². The molecule has 6 heteroatoms. The molecule has 0 radical (unpaired) electrons. The molecule has 1 aromatic rings. The topological polar surface area (TPSA) is 78.6 Å². The summed E-state index contributed by atoms with van der Waals surface area (Å²) in [4.78, 5) is 12.7. The summed E-state index contributed by atoms with van der Waals surface area (Å²) in [6.45, 7) is 7.50. The van der Waals surface area contributed by atoms with Crippen LogP contribution in [-0.2, 0) is 0 Å². The quantitative estimate of drug-likeness (QED) is 0.595. The van der Waals surface area contributed by atoms with Crippen LogP contribution in [0, 0.1) is 16.0 Å². The van der Waals surface area contributed by atoms with E-state index in [1.54, 1.807) is 12.1 Å². The van der Waals surface area contributed by atoms with Gasteiger partial charge in [0.25, 0.3) is 5.69 Å². The molecule has 2 rings (SSSR count). The van der Waals surface area contributed by atoms with Gasteiger partial charge in [-0.25, -0.2) is 0 Å². The number of nitrogens with one attached hydrogen (secondary N) is 1. The Morgan fingerprint density at radius 1 is 1.43 bits per heavy atom. The summed E-state index contributed by atoms with van der Waals surface area (Å²) in [5.74, 6) is 0.787. The van der Waals surface area contributed by atoms with E-state index in [1.165, 1.54) is 18.9 Å². The number of nitrogens with zero attached hydrogens (tertiary/aromatic N) is 2. The minimum atomic E-state index is -0.426. The summed E-state index contributed by atoms with van der Waals surface area (Å²) in [5, 5.41) is 24.3. The summed E-state index contributed by atoms with van der Waals surface area (Å²) in [7, 11) is 0. The molecule has 0 saturated carbocycles. The zero-order valence-electron chi connectivity index (χ0n) is 13.9. The van der Waals surface area contributed by atoms with E-state index in [1.807, 2.05) is 13.0 Å². The molecule has 1 aliphatic heterocycles. The average molecular weight is 321 g/mol. The second-order valence-corrected chi connectivity index (χ2v) is 6.62. The fourth-order valence-electron chi connectivity index (χ4n) is 2.95. The highest BCUT2D eigenvalue weighted by Gasteiger charge is 2.19. The van der Waals surface area contributed by atoms with E-state index >= 15 is 0 Å². The largest absolute Gasteiger partial charge is 0.390 e. The third-order valence-corrected chi connectivity index (χ3v) is 4.59. The fraction of sp³-hybridized carbons (Fsp3) is 0.647. The second kappa shape index (κ2) is 8.38. The Labute approximate surface area is 137 Å². The highest BCUT2D eigenvalue weighted by Crippen LogP contribution is 2.19. The Balaban J connectivity index is 1.78. The molecule has 128 valence electrons. The molecule has 23 heavy (non-hydrogen) atoms. The van der Waals surface area contributed by atoms with Gasteiger partial charge in [0.1, 0.15) is 0 Å². The van der Waals surface area contributed by atoms with Crippen LogP contribution in [-0.4, -0.2) is 47.2 Å². The molecule has 0 amide bonds. The zero-order chi connectivity index (χ0) is 16.8. The molecule has 6 nitrogen and oxygen atoms in total. The number of hydrogen-bond acceptors (Lipinski definition) is 5. The first kappa shape index (κ1) is 17.8. The number of β-amino-alcohol motifs (C(OH)–C–C–N with tert-alkyl or cyclic N) is 1. The van der Waals surface area contributed by atoms with Crippen LogP contribution in [0.4, 0.5) is 5.69 Å². The Bertz CT molecular complexity index is 516. The smallest absolute Gasteiger partial charge is 0.269 e. The van der Waals surface area contributed by atoms with Gasteiger partial charge < -0.3 is 15.3 Å². The molecule has 0 spiro atoms. The lowest BCUT2D eigenvalue weighted by atomic mass is 9.99. The van der Waals surface area contributed by atoms with E-state index in [9.17, 15) is 15.2 Å². The number of likely N-dealkylation sites (tertiary alicyclic amines) is 1. The average Bonchev–Trinajstić information content (AvgIpc) is 2.55. The predicted molar refractivity (Wildman–Crippen MR) is 90.4 cm³/mol. The molecule has 2 atom stereocenters. The van der Waals surface area contributed by atoms with Crippen LogP contribution in [0.15, 0.2) is 24.3 Å². The van der Waals surface area contributed by atoms with Crippen LogP contribution >= 0.6 is 0 Å². The normalized spacial score (nSPS) is 19.4. The summed E-state index contributed by atoms with van der Waals surface area (Å²) < 4.78 is 0. The lowest BCUT2D eigenvalue weighted by Gasteiger charge is -2.32. The number of piperidine rings is 1. The standard InChI is InChI=1S/C17H27N3O3/c1-13-6-8-19(9-7-13)12-17(21)11-18-14(2)15-4-3-5-16(10-15)20(22)23/h3-5,10,13-14,17-18,21H,6-9,11-12H2,1-2H3. The first-order valence-electron chi connectivity index (χ1n) is 8.34. The van der Waals surface area contributed by atoms with E-state index in [0.717, 1.165) is 24.6 Å². The van der Waals surface area contributed by atoms with Gasteiger partial charge in [-0.05, 0) is 44.3 Å². The van der Waals surface area contributed by atoms with Gasteiger partial charge in [-0.3, -0.25) is 10.1 Å². The summed E-state index contributed by atoms with van der Waals surface area (Å²) in [5.41, 5.74) is 0.956.